The molecule has 1 aliphatic heterocycles. The number of aryl methyl sites for hydroxylation is 1. The number of hydrogen-bond acceptors (Lipinski definition) is 3. The lowest BCUT2D eigenvalue weighted by molar-refractivity contribution is 0.313. The van der Waals surface area contributed by atoms with Gasteiger partial charge in [0.2, 0.25) is 0 Å². The molecule has 17 heavy (non-hydrogen) atoms. The SMILES string of the molecule is C=C.Cc1ccc(N2CCN(C)CC2)c(N)c1. The van der Waals surface area contributed by atoms with Gasteiger partial charge in [0.1, 0.15) is 0 Å². The van der Waals surface area contributed by atoms with Gasteiger partial charge in [0.15, 0.2) is 0 Å². The summed E-state index contributed by atoms with van der Waals surface area (Å²) in [5.41, 5.74) is 9.35. The molecule has 2 N–H and O–H groups in total. The van der Waals surface area contributed by atoms with E-state index >= 15 is 0 Å². The van der Waals surface area contributed by atoms with Crippen molar-refractivity contribution in [3.63, 3.8) is 0 Å². The Morgan fingerprint density at radius 3 is 2.24 bits per heavy atom. The number of hydrogen-bond donors (Lipinski definition) is 1. The molecule has 3 nitrogen and oxygen atoms in total. The summed E-state index contributed by atoms with van der Waals surface area (Å²) in [5, 5.41) is 0. The zero-order chi connectivity index (χ0) is 12.8. The van der Waals surface area contributed by atoms with Gasteiger partial charge in [-0.15, -0.1) is 13.2 Å². The average Bonchev–Trinajstić information content (AvgIpc) is 2.33. The van der Waals surface area contributed by atoms with Crippen LogP contribution in [0.3, 0.4) is 0 Å². The fourth-order valence-corrected chi connectivity index (χ4v) is 2.01. The molecule has 0 saturated carbocycles. The molecule has 94 valence electrons. The fourth-order valence-electron chi connectivity index (χ4n) is 2.01. The van der Waals surface area contributed by atoms with E-state index in [2.05, 4.69) is 49.1 Å². The molecule has 0 bridgehead atoms. The van der Waals surface area contributed by atoms with Gasteiger partial charge in [0, 0.05) is 26.2 Å². The Hall–Kier alpha value is -1.48. The Kier molecular flexibility index (Phi) is 5.04. The van der Waals surface area contributed by atoms with Crippen LogP contribution in [0, 0.1) is 6.92 Å². The van der Waals surface area contributed by atoms with E-state index in [4.69, 9.17) is 5.73 Å². The number of nitrogens with two attached hydrogens (primary N) is 1. The maximum atomic E-state index is 6.03. The van der Waals surface area contributed by atoms with Gasteiger partial charge in [-0.1, -0.05) is 6.07 Å². The normalized spacial score (nSPS) is 16.2. The molecule has 0 aromatic heterocycles. The van der Waals surface area contributed by atoms with Gasteiger partial charge in [-0.05, 0) is 31.7 Å². The highest BCUT2D eigenvalue weighted by Crippen LogP contribution is 2.24. The van der Waals surface area contributed by atoms with E-state index in [1.165, 1.54) is 11.3 Å². The summed E-state index contributed by atoms with van der Waals surface area (Å²) in [6.45, 7) is 12.5. The molecule has 0 unspecified atom stereocenters. The van der Waals surface area contributed by atoms with E-state index < -0.39 is 0 Å². The van der Waals surface area contributed by atoms with Crippen LogP contribution in [-0.4, -0.2) is 38.1 Å². The summed E-state index contributed by atoms with van der Waals surface area (Å²) < 4.78 is 0. The van der Waals surface area contributed by atoms with E-state index in [9.17, 15) is 0 Å². The molecule has 2 rings (SSSR count). The van der Waals surface area contributed by atoms with Gasteiger partial charge >= 0.3 is 0 Å². The molecule has 3 heteroatoms. The largest absolute Gasteiger partial charge is 0.397 e. The van der Waals surface area contributed by atoms with Crippen molar-refractivity contribution in [1.82, 2.24) is 4.90 Å². The van der Waals surface area contributed by atoms with Gasteiger partial charge < -0.3 is 15.5 Å². The number of likely N-dealkylation sites (N-methyl/N-ethyl adjacent to an activating group) is 1. The van der Waals surface area contributed by atoms with E-state index in [0.29, 0.717) is 0 Å². The van der Waals surface area contributed by atoms with Crippen LogP contribution in [0.2, 0.25) is 0 Å². The van der Waals surface area contributed by atoms with Crippen LogP contribution in [-0.2, 0) is 0 Å². The van der Waals surface area contributed by atoms with Crippen LogP contribution in [0.25, 0.3) is 0 Å². The molecular weight excluding hydrogens is 210 g/mol. The minimum atomic E-state index is 0.902. The smallest absolute Gasteiger partial charge is 0.0601 e. The Labute approximate surface area is 105 Å². The van der Waals surface area contributed by atoms with Crippen molar-refractivity contribution in [2.75, 3.05) is 43.9 Å². The van der Waals surface area contributed by atoms with Crippen molar-refractivity contribution >= 4 is 11.4 Å². The second kappa shape index (κ2) is 6.30. The van der Waals surface area contributed by atoms with Crippen LogP contribution in [0.1, 0.15) is 5.56 Å². The maximum absolute atomic E-state index is 6.03. The van der Waals surface area contributed by atoms with Gasteiger partial charge in [-0.3, -0.25) is 0 Å². The summed E-state index contributed by atoms with van der Waals surface area (Å²) in [7, 11) is 2.16. The number of anilines is 2. The molecule has 0 amide bonds. The zero-order valence-electron chi connectivity index (χ0n) is 10.9. The van der Waals surface area contributed by atoms with Crippen molar-refractivity contribution in [3.05, 3.63) is 36.9 Å². The molecule has 0 spiro atoms. The molecule has 1 saturated heterocycles. The van der Waals surface area contributed by atoms with Gasteiger partial charge in [-0.25, -0.2) is 0 Å². The fraction of sp³-hybridized carbons (Fsp3) is 0.429. The average molecular weight is 233 g/mol. The summed E-state index contributed by atoms with van der Waals surface area (Å²) in [5.74, 6) is 0. The van der Waals surface area contributed by atoms with Gasteiger partial charge in [0.05, 0.1) is 11.4 Å². The first-order valence-corrected chi connectivity index (χ1v) is 5.96. The summed E-state index contributed by atoms with van der Waals surface area (Å²) in [4.78, 5) is 4.72. The van der Waals surface area contributed by atoms with E-state index in [1.807, 2.05) is 6.07 Å². The highest BCUT2D eigenvalue weighted by Gasteiger charge is 2.15. The monoisotopic (exact) mass is 233 g/mol. The van der Waals surface area contributed by atoms with Crippen molar-refractivity contribution < 1.29 is 0 Å². The van der Waals surface area contributed by atoms with Gasteiger partial charge in [-0.2, -0.15) is 0 Å². The third-order valence-electron chi connectivity index (χ3n) is 3.03. The summed E-state index contributed by atoms with van der Waals surface area (Å²) in [6, 6.07) is 6.31. The number of benzene rings is 1. The van der Waals surface area contributed by atoms with Crippen molar-refractivity contribution in [3.8, 4) is 0 Å². The van der Waals surface area contributed by atoms with Crippen LogP contribution < -0.4 is 10.6 Å². The van der Waals surface area contributed by atoms with Crippen LogP contribution >= 0.6 is 0 Å². The Balaban J connectivity index is 0.000000686. The molecule has 1 fully saturated rings. The van der Waals surface area contributed by atoms with Crippen LogP contribution in [0.4, 0.5) is 11.4 Å². The number of nitrogens with zero attached hydrogens (tertiary/aromatic N) is 2. The lowest BCUT2D eigenvalue weighted by Gasteiger charge is -2.34. The first-order valence-electron chi connectivity index (χ1n) is 5.96. The van der Waals surface area contributed by atoms with Crippen molar-refractivity contribution in [1.29, 1.82) is 0 Å². The Morgan fingerprint density at radius 2 is 1.71 bits per heavy atom. The lowest BCUT2D eigenvalue weighted by atomic mass is 10.1. The Bertz CT molecular complexity index is 354. The molecule has 1 aliphatic rings. The number of piperazine rings is 1. The third kappa shape index (κ3) is 3.49. The predicted molar refractivity (Wildman–Crippen MR) is 76.6 cm³/mol. The number of rotatable bonds is 1. The summed E-state index contributed by atoms with van der Waals surface area (Å²) >= 11 is 0. The zero-order valence-corrected chi connectivity index (χ0v) is 10.9. The molecule has 0 atom stereocenters. The minimum Gasteiger partial charge on any atom is -0.397 e. The van der Waals surface area contributed by atoms with E-state index in [1.54, 1.807) is 0 Å². The standard InChI is InChI=1S/C12H19N3.C2H4/c1-10-3-4-12(11(13)9-10)15-7-5-14(2)6-8-15;1-2/h3-4,9H,5-8,13H2,1-2H3;1-2H2. The third-order valence-corrected chi connectivity index (χ3v) is 3.03. The van der Waals surface area contributed by atoms with Gasteiger partial charge in [0.25, 0.3) is 0 Å². The molecule has 1 aromatic carbocycles. The Morgan fingerprint density at radius 1 is 1.12 bits per heavy atom. The van der Waals surface area contributed by atoms with Crippen molar-refractivity contribution in [2.45, 2.75) is 6.92 Å². The maximum Gasteiger partial charge on any atom is 0.0601 e. The molecule has 0 radical (unpaired) electrons. The minimum absolute atomic E-state index is 0.902. The summed E-state index contributed by atoms with van der Waals surface area (Å²) in [6.07, 6.45) is 0. The topological polar surface area (TPSA) is 32.5 Å². The highest BCUT2D eigenvalue weighted by atomic mass is 15.2. The molecular formula is C14H23N3. The first kappa shape index (κ1) is 13.6. The van der Waals surface area contributed by atoms with Crippen LogP contribution in [0.15, 0.2) is 31.4 Å². The molecule has 1 heterocycles. The van der Waals surface area contributed by atoms with Crippen molar-refractivity contribution in [2.24, 2.45) is 0 Å². The number of nitrogen functional groups attached to an aromatic ring is 1. The first-order chi connectivity index (χ1) is 8.16. The van der Waals surface area contributed by atoms with E-state index in [-0.39, 0.29) is 0 Å². The molecule has 0 aliphatic carbocycles. The highest BCUT2D eigenvalue weighted by molar-refractivity contribution is 5.68. The second-order valence-corrected chi connectivity index (χ2v) is 4.35. The quantitative estimate of drug-likeness (QED) is 0.596. The molecule has 1 aromatic rings. The predicted octanol–water partition coefficient (Wildman–Crippen LogP) is 2.13. The lowest BCUT2D eigenvalue weighted by Crippen LogP contribution is -2.44. The second-order valence-electron chi connectivity index (χ2n) is 4.35. The van der Waals surface area contributed by atoms with E-state index in [0.717, 1.165) is 31.9 Å². The van der Waals surface area contributed by atoms with Crippen LogP contribution in [0.5, 0.6) is 0 Å².